The van der Waals surface area contributed by atoms with Gasteiger partial charge in [-0.15, -0.1) is 0 Å². The maximum atomic E-state index is 4.97. The molecule has 0 radical (unpaired) electrons. The van der Waals surface area contributed by atoms with E-state index in [0.29, 0.717) is 5.89 Å². The first-order chi connectivity index (χ1) is 10.3. The van der Waals surface area contributed by atoms with E-state index in [4.69, 9.17) is 4.52 Å². The molecule has 0 aliphatic carbocycles. The van der Waals surface area contributed by atoms with Gasteiger partial charge in [-0.25, -0.2) is 4.68 Å². The van der Waals surface area contributed by atoms with E-state index in [-0.39, 0.29) is 6.04 Å². The summed E-state index contributed by atoms with van der Waals surface area (Å²) >= 11 is 0. The van der Waals surface area contributed by atoms with E-state index in [1.807, 2.05) is 47.4 Å². The van der Waals surface area contributed by atoms with Gasteiger partial charge in [0.1, 0.15) is 0 Å². The Morgan fingerprint density at radius 1 is 1.29 bits per heavy atom. The van der Waals surface area contributed by atoms with Gasteiger partial charge in [-0.3, -0.25) is 0 Å². The van der Waals surface area contributed by atoms with Crippen molar-refractivity contribution in [3.05, 3.63) is 60.5 Å². The molecule has 1 aromatic carbocycles. The quantitative estimate of drug-likeness (QED) is 0.750. The topological polar surface area (TPSA) is 68.8 Å². The van der Waals surface area contributed by atoms with Crippen LogP contribution in [0.4, 0.5) is 0 Å². The number of aromatic nitrogens is 4. The van der Waals surface area contributed by atoms with E-state index in [1.54, 1.807) is 0 Å². The fourth-order valence-corrected chi connectivity index (χ4v) is 2.10. The number of rotatable bonds is 6. The first kappa shape index (κ1) is 13.5. The summed E-state index contributed by atoms with van der Waals surface area (Å²) in [5.74, 6) is 0.648. The molecular weight excluding hydrogens is 266 g/mol. The number of nitrogens with zero attached hydrogens (tertiary/aromatic N) is 4. The van der Waals surface area contributed by atoms with Gasteiger partial charge in [0.2, 0.25) is 5.89 Å². The highest BCUT2D eigenvalue weighted by Crippen LogP contribution is 2.14. The molecule has 0 aliphatic heterocycles. The smallest absolute Gasteiger partial charge is 0.227 e. The largest absolute Gasteiger partial charge is 0.340 e. The Bertz CT molecular complexity index is 662. The molecule has 0 fully saturated rings. The highest BCUT2D eigenvalue weighted by atomic mass is 16.5. The average Bonchev–Trinajstić information content (AvgIpc) is 3.20. The Morgan fingerprint density at radius 3 is 2.90 bits per heavy atom. The van der Waals surface area contributed by atoms with Gasteiger partial charge >= 0.3 is 0 Å². The van der Waals surface area contributed by atoms with E-state index in [2.05, 4.69) is 27.5 Å². The van der Waals surface area contributed by atoms with E-state index < -0.39 is 0 Å². The lowest BCUT2D eigenvalue weighted by Crippen LogP contribution is -2.21. The van der Waals surface area contributed by atoms with Crippen molar-refractivity contribution < 1.29 is 4.52 Å². The van der Waals surface area contributed by atoms with Crippen LogP contribution in [-0.4, -0.2) is 26.5 Å². The van der Waals surface area contributed by atoms with Crippen LogP contribution < -0.4 is 5.32 Å². The normalized spacial score (nSPS) is 12.4. The summed E-state index contributed by atoms with van der Waals surface area (Å²) in [5.41, 5.74) is 2.20. The minimum absolute atomic E-state index is 0.213. The van der Waals surface area contributed by atoms with Crippen LogP contribution in [0.2, 0.25) is 0 Å². The molecular formula is C15H17N5O. The summed E-state index contributed by atoms with van der Waals surface area (Å²) in [7, 11) is 0. The number of nitrogens with one attached hydrogen (secondary N) is 1. The Morgan fingerprint density at radius 2 is 2.14 bits per heavy atom. The van der Waals surface area contributed by atoms with Gasteiger partial charge in [0.25, 0.3) is 0 Å². The van der Waals surface area contributed by atoms with E-state index >= 15 is 0 Å². The Balaban J connectivity index is 1.58. The summed E-state index contributed by atoms with van der Waals surface area (Å²) in [6.07, 6.45) is 6.07. The van der Waals surface area contributed by atoms with Crippen molar-refractivity contribution in [2.45, 2.75) is 19.4 Å². The fourth-order valence-electron chi connectivity index (χ4n) is 2.10. The lowest BCUT2D eigenvalue weighted by atomic mass is 10.2. The lowest BCUT2D eigenvalue weighted by Gasteiger charge is -2.10. The molecule has 1 atom stereocenters. The molecule has 108 valence electrons. The van der Waals surface area contributed by atoms with Crippen LogP contribution in [0.1, 0.15) is 24.4 Å². The maximum absolute atomic E-state index is 4.97. The summed E-state index contributed by atoms with van der Waals surface area (Å²) in [6.45, 7) is 2.89. The number of benzene rings is 1. The van der Waals surface area contributed by atoms with Gasteiger partial charge in [0.05, 0.1) is 11.9 Å². The van der Waals surface area contributed by atoms with Gasteiger partial charge in [-0.05, 0) is 19.1 Å². The molecule has 21 heavy (non-hydrogen) atoms. The highest BCUT2D eigenvalue weighted by Gasteiger charge is 2.09. The van der Waals surface area contributed by atoms with Crippen LogP contribution in [-0.2, 0) is 6.42 Å². The second-order valence-electron chi connectivity index (χ2n) is 4.81. The van der Waals surface area contributed by atoms with E-state index in [1.165, 1.54) is 6.33 Å². The minimum atomic E-state index is 0.213. The zero-order valence-electron chi connectivity index (χ0n) is 11.8. The Labute approximate surface area is 122 Å². The number of hydrogen-bond acceptors (Lipinski definition) is 5. The third-order valence-electron chi connectivity index (χ3n) is 3.32. The molecule has 2 aromatic heterocycles. The molecule has 0 saturated heterocycles. The lowest BCUT2D eigenvalue weighted by molar-refractivity contribution is 0.372. The summed E-state index contributed by atoms with van der Waals surface area (Å²) < 4.78 is 6.85. The van der Waals surface area contributed by atoms with Gasteiger partial charge in [-0.2, -0.15) is 10.1 Å². The van der Waals surface area contributed by atoms with Crippen molar-refractivity contribution in [1.29, 1.82) is 0 Å². The molecule has 0 saturated carbocycles. The molecule has 6 nitrogen and oxygen atoms in total. The molecule has 3 rings (SSSR count). The van der Waals surface area contributed by atoms with Crippen molar-refractivity contribution in [3.63, 3.8) is 0 Å². The van der Waals surface area contributed by atoms with Gasteiger partial charge in [0, 0.05) is 30.8 Å². The minimum Gasteiger partial charge on any atom is -0.340 e. The predicted molar refractivity (Wildman–Crippen MR) is 78.0 cm³/mol. The van der Waals surface area contributed by atoms with E-state index in [9.17, 15) is 0 Å². The molecule has 0 aliphatic rings. The van der Waals surface area contributed by atoms with Crippen molar-refractivity contribution in [3.8, 4) is 5.69 Å². The third-order valence-corrected chi connectivity index (χ3v) is 3.32. The summed E-state index contributed by atoms with van der Waals surface area (Å²) in [5, 5.41) is 11.4. The van der Waals surface area contributed by atoms with Gasteiger partial charge in [-0.1, -0.05) is 23.4 Å². The standard InChI is InChI=1S/C15H17N5O/c1-12(16-8-7-15-17-11-19-21-15)13-9-18-20(10-13)14-5-3-2-4-6-14/h2-6,9-12,16H,7-8H2,1H3. The first-order valence-electron chi connectivity index (χ1n) is 6.92. The summed E-state index contributed by atoms with van der Waals surface area (Å²) in [4.78, 5) is 4.00. The van der Waals surface area contributed by atoms with Crippen molar-refractivity contribution >= 4 is 0 Å². The monoisotopic (exact) mass is 283 g/mol. The third kappa shape index (κ3) is 3.35. The SMILES string of the molecule is CC(NCCc1ncno1)c1cnn(-c2ccccc2)c1. The molecule has 0 spiro atoms. The molecule has 0 amide bonds. The molecule has 6 heteroatoms. The van der Waals surface area contributed by atoms with Crippen molar-refractivity contribution in [2.75, 3.05) is 6.54 Å². The second kappa shape index (κ2) is 6.32. The molecule has 3 aromatic rings. The van der Waals surface area contributed by atoms with Crippen LogP contribution in [0, 0.1) is 0 Å². The fraction of sp³-hybridized carbons (Fsp3) is 0.267. The van der Waals surface area contributed by atoms with Crippen LogP contribution >= 0.6 is 0 Å². The van der Waals surface area contributed by atoms with Crippen LogP contribution in [0.25, 0.3) is 5.69 Å². The van der Waals surface area contributed by atoms with Crippen LogP contribution in [0.5, 0.6) is 0 Å². The molecule has 2 heterocycles. The Hall–Kier alpha value is -2.47. The average molecular weight is 283 g/mol. The van der Waals surface area contributed by atoms with Crippen molar-refractivity contribution in [1.82, 2.24) is 25.2 Å². The number of hydrogen-bond donors (Lipinski definition) is 1. The number of para-hydroxylation sites is 1. The first-order valence-corrected chi connectivity index (χ1v) is 6.92. The second-order valence-corrected chi connectivity index (χ2v) is 4.81. The van der Waals surface area contributed by atoms with Crippen LogP contribution in [0.15, 0.2) is 53.6 Å². The highest BCUT2D eigenvalue weighted by molar-refractivity contribution is 5.31. The maximum Gasteiger partial charge on any atom is 0.227 e. The summed E-state index contributed by atoms with van der Waals surface area (Å²) in [6, 6.07) is 10.3. The zero-order valence-corrected chi connectivity index (χ0v) is 11.8. The Kier molecular flexibility index (Phi) is 4.07. The van der Waals surface area contributed by atoms with Gasteiger partial charge in [0.15, 0.2) is 6.33 Å². The zero-order chi connectivity index (χ0) is 14.5. The van der Waals surface area contributed by atoms with Crippen LogP contribution in [0.3, 0.4) is 0 Å². The van der Waals surface area contributed by atoms with Gasteiger partial charge < -0.3 is 9.84 Å². The molecule has 1 N–H and O–H groups in total. The molecule has 1 unspecified atom stereocenters. The van der Waals surface area contributed by atoms with E-state index in [0.717, 1.165) is 24.2 Å². The predicted octanol–water partition coefficient (Wildman–Crippen LogP) is 2.15. The molecule has 0 bridgehead atoms. The van der Waals surface area contributed by atoms with Crippen molar-refractivity contribution in [2.24, 2.45) is 0 Å².